The zero-order valence-electron chi connectivity index (χ0n) is 94.6. The predicted molar refractivity (Wildman–Crippen MR) is 565 cm³/mol. The Morgan fingerprint density at radius 2 is 0.368 bits per heavy atom. The van der Waals surface area contributed by atoms with Gasteiger partial charge < -0.3 is 13.3 Å². The largest absolute Gasteiger partial charge is 0.455 e. The molecule has 0 unspecified atom stereocenters. The fourth-order valence-corrected chi connectivity index (χ4v) is 19.8. The van der Waals surface area contributed by atoms with Crippen LogP contribution in [0, 0.1) is 0 Å². The number of rotatable bonds is 9. The van der Waals surface area contributed by atoms with Gasteiger partial charge >= 0.3 is 0 Å². The van der Waals surface area contributed by atoms with E-state index in [1.165, 1.54) is 0 Å². The molecule has 0 aliphatic heterocycles. The summed E-state index contributed by atoms with van der Waals surface area (Å²) in [6, 6.07) is 100. The lowest BCUT2D eigenvalue weighted by atomic mass is 9.84. The number of benzene rings is 25. The van der Waals surface area contributed by atoms with E-state index in [9.17, 15) is 16.4 Å². The highest BCUT2D eigenvalue weighted by Gasteiger charge is 2.25. The molecule has 0 spiro atoms. The minimum absolute atomic E-state index is 0.173. The standard InChI is InChI=1S/C48H30O.C42H26O.C40H24O/c1-2-10-31(11-3-1)32-18-20-33(21-19-32)34-22-24-36(25-23-34)46-39-14-6-8-16-41(39)47(42-17-9-7-15-40(42)46)37-27-29-45-44(30-37)43-28-26-35-12-4-5-13-38(35)48(43)49-45;1-2-11-27(12-3-1)29-14-10-15-30(25-29)40-33-17-6-8-19-35(33)41(36-20-9-7-18-34(36)40)31-22-24-39-38(26-31)37-23-21-28-13-4-5-16-32(28)42(37)43-39;1-3-13-28-25(10-1)12-9-19-30(28)39-33-17-7-5-15-31(33)38(32-16-6-8-18-34(32)39)27-21-23-37-36(24-27)35-22-20-26-11-2-4-14-29(26)40(35)41-37/h1-30H;1-26H;1-24H/i6D,7D,8D,9D,14D,15D,16D,17D;6D,7D,8D,9D,17D,18D,19D,20D;5D,6D,7D,8D,15D,16D,17D,18D. The minimum Gasteiger partial charge on any atom is -0.455 e. The first-order valence-corrected chi connectivity index (χ1v) is 43.8. The van der Waals surface area contributed by atoms with Crippen LogP contribution in [-0.2, 0) is 0 Å². The van der Waals surface area contributed by atoms with Gasteiger partial charge in [0.25, 0.3) is 0 Å². The van der Waals surface area contributed by atoms with Crippen molar-refractivity contribution in [1.29, 1.82) is 0 Å². The van der Waals surface area contributed by atoms with Crippen LogP contribution in [0.25, 0.3) is 274 Å². The van der Waals surface area contributed by atoms with Gasteiger partial charge in [-0.05, 0) is 252 Å². The first kappa shape index (κ1) is 56.0. The van der Waals surface area contributed by atoms with E-state index >= 15 is 0 Å². The molecule has 133 heavy (non-hydrogen) atoms. The van der Waals surface area contributed by atoms with E-state index in [0.717, 1.165) is 114 Å². The molecule has 28 aromatic rings. The van der Waals surface area contributed by atoms with Gasteiger partial charge in [0.2, 0.25) is 0 Å². The van der Waals surface area contributed by atoms with Gasteiger partial charge in [0.15, 0.2) is 0 Å². The summed E-state index contributed by atoms with van der Waals surface area (Å²) in [6.45, 7) is 0. The van der Waals surface area contributed by atoms with Crippen LogP contribution < -0.4 is 0 Å². The Kier molecular flexibility index (Phi) is 13.4. The zero-order valence-corrected chi connectivity index (χ0v) is 70.6. The van der Waals surface area contributed by atoms with Crippen molar-refractivity contribution in [2.75, 3.05) is 0 Å². The van der Waals surface area contributed by atoms with Gasteiger partial charge in [0.1, 0.15) is 33.5 Å². The molecular formula is C130H80O3. The number of hydrogen-bond acceptors (Lipinski definition) is 3. The van der Waals surface area contributed by atoms with Crippen molar-refractivity contribution < 1.29 is 46.1 Å². The molecule has 0 saturated carbocycles. The van der Waals surface area contributed by atoms with Gasteiger partial charge in [-0.25, -0.2) is 0 Å². The van der Waals surface area contributed by atoms with Crippen molar-refractivity contribution in [3.63, 3.8) is 0 Å². The minimum atomic E-state index is -0.435. The number of fused-ring (bicyclic) bond motifs is 22. The third kappa shape index (κ3) is 13.0. The molecule has 0 bridgehead atoms. The molecule has 25 aromatic carbocycles. The average Bonchev–Trinajstić information content (AvgIpc) is 0.773. The molecule has 3 heteroatoms. The van der Waals surface area contributed by atoms with Crippen molar-refractivity contribution in [2.24, 2.45) is 0 Å². The molecule has 0 aliphatic carbocycles. The van der Waals surface area contributed by atoms with Crippen LogP contribution in [0.2, 0.25) is 0 Å². The highest BCUT2D eigenvalue weighted by molar-refractivity contribution is 6.28. The Hall–Kier alpha value is -17.5. The summed E-state index contributed by atoms with van der Waals surface area (Å²) < 4.78 is 236. The fourth-order valence-electron chi connectivity index (χ4n) is 19.8. The second-order valence-corrected chi connectivity index (χ2v) is 33.2. The average molecular weight is 1710 g/mol. The van der Waals surface area contributed by atoms with E-state index in [0.29, 0.717) is 94.7 Å². The summed E-state index contributed by atoms with van der Waals surface area (Å²) in [5.41, 5.74) is 15.1. The molecule has 0 amide bonds. The highest BCUT2D eigenvalue weighted by Crippen LogP contribution is 2.52. The molecule has 3 nitrogen and oxygen atoms in total. The van der Waals surface area contributed by atoms with Gasteiger partial charge in [0.05, 0.1) is 32.9 Å². The molecule has 0 fully saturated rings. The van der Waals surface area contributed by atoms with Crippen molar-refractivity contribution in [1.82, 2.24) is 0 Å². The first-order valence-electron chi connectivity index (χ1n) is 55.8. The summed E-state index contributed by atoms with van der Waals surface area (Å²) in [6.07, 6.45) is 0. The van der Waals surface area contributed by atoms with Gasteiger partial charge in [-0.1, -0.05) is 424 Å². The topological polar surface area (TPSA) is 39.4 Å². The lowest BCUT2D eigenvalue weighted by molar-refractivity contribution is 0.672. The van der Waals surface area contributed by atoms with E-state index in [1.54, 1.807) is 18.2 Å². The van der Waals surface area contributed by atoms with Crippen molar-refractivity contribution in [3.8, 4) is 100 Å². The van der Waals surface area contributed by atoms with Gasteiger partial charge in [-0.3, -0.25) is 0 Å². The van der Waals surface area contributed by atoms with Crippen LogP contribution >= 0.6 is 0 Å². The molecule has 618 valence electrons. The molecule has 0 aliphatic rings. The van der Waals surface area contributed by atoms with Gasteiger partial charge in [0, 0.05) is 48.5 Å². The van der Waals surface area contributed by atoms with E-state index < -0.39 is 72.5 Å². The van der Waals surface area contributed by atoms with Crippen LogP contribution in [0.3, 0.4) is 0 Å². The summed E-state index contributed by atoms with van der Waals surface area (Å²) in [7, 11) is 0. The molecule has 28 rings (SSSR count). The maximum atomic E-state index is 9.35. The van der Waals surface area contributed by atoms with Crippen molar-refractivity contribution >= 4 is 174 Å². The molecule has 3 aromatic heterocycles. The third-order valence-electron chi connectivity index (χ3n) is 25.9. The van der Waals surface area contributed by atoms with E-state index in [4.69, 9.17) is 29.7 Å². The Morgan fingerprint density at radius 3 is 0.714 bits per heavy atom. The maximum absolute atomic E-state index is 9.35. The number of hydrogen-bond donors (Lipinski definition) is 0. The first-order chi connectivity index (χ1) is 75.9. The molecule has 3 heterocycles. The maximum Gasteiger partial charge on any atom is 0.143 e. The lowest BCUT2D eigenvalue weighted by Gasteiger charge is -2.18. The van der Waals surface area contributed by atoms with E-state index in [1.807, 2.05) is 297 Å². The SMILES string of the molecule is [2H]c1c([2H])c([2H])c2c(-c3ccc4oc5c6ccccc6ccc5c4c3)c3c([2H])c([2H])c([2H])c([2H])c3c(-c3ccc(-c4ccc(-c5ccccc5)cc4)cc3)c2c1[2H].[2H]c1c([2H])c([2H])c2c(-c3ccc4oc5c6ccccc6ccc5c4c3)c3c([2H])c([2H])c([2H])c([2H])c3c(-c3cccc(-c4ccccc4)c3)c2c1[2H].[2H]c1c([2H])c([2H])c2c(-c3cccc4ccccc34)c3c([2H])c([2H])c([2H])c([2H])c3c(-c3ccc4oc5c6ccccc6ccc5c4c3)c2c1[2H]. The van der Waals surface area contributed by atoms with Crippen LogP contribution in [0.1, 0.15) is 32.9 Å². The quantitative estimate of drug-likeness (QED) is 0.135. The third-order valence-corrected chi connectivity index (χ3v) is 25.9. The van der Waals surface area contributed by atoms with Gasteiger partial charge in [-0.15, -0.1) is 0 Å². The Labute approximate surface area is 800 Å². The lowest BCUT2D eigenvalue weighted by Crippen LogP contribution is -1.91. The summed E-state index contributed by atoms with van der Waals surface area (Å²) in [4.78, 5) is 0. The summed E-state index contributed by atoms with van der Waals surface area (Å²) in [5, 5.41) is 14.7. The number of furan rings is 3. The highest BCUT2D eigenvalue weighted by atomic mass is 16.3. The van der Waals surface area contributed by atoms with Crippen LogP contribution in [0.4, 0.5) is 0 Å². The Balaban J connectivity index is 0.000000118. The van der Waals surface area contributed by atoms with E-state index in [2.05, 4.69) is 24.3 Å². The smallest absolute Gasteiger partial charge is 0.143 e. The van der Waals surface area contributed by atoms with Crippen LogP contribution in [0.15, 0.2) is 498 Å². The zero-order chi connectivity index (χ0) is 108. The Bertz CT molecular complexity index is 10900. The molecular weight excluding hydrogens is 1610 g/mol. The summed E-state index contributed by atoms with van der Waals surface area (Å²) >= 11 is 0. The van der Waals surface area contributed by atoms with Crippen molar-refractivity contribution in [2.45, 2.75) is 0 Å². The second kappa shape index (κ2) is 31.8. The molecule has 0 atom stereocenters. The van der Waals surface area contributed by atoms with E-state index in [-0.39, 0.29) is 137 Å². The Morgan fingerprint density at radius 1 is 0.135 bits per heavy atom. The molecule has 0 radical (unpaired) electrons. The van der Waals surface area contributed by atoms with Gasteiger partial charge in [-0.2, -0.15) is 0 Å². The van der Waals surface area contributed by atoms with Crippen LogP contribution in [0.5, 0.6) is 0 Å². The van der Waals surface area contributed by atoms with Crippen LogP contribution in [-0.4, -0.2) is 0 Å². The molecule has 0 N–H and O–H groups in total. The molecule has 0 saturated heterocycles. The predicted octanol–water partition coefficient (Wildman–Crippen LogP) is 37.3. The second-order valence-electron chi connectivity index (χ2n) is 33.2. The monoisotopic (exact) mass is 1710 g/mol. The normalized spacial score (nSPS) is 14.3. The van der Waals surface area contributed by atoms with Crippen molar-refractivity contribution in [3.05, 3.63) is 485 Å². The fraction of sp³-hybridized carbons (Fsp3) is 0. The summed E-state index contributed by atoms with van der Waals surface area (Å²) in [5.74, 6) is 0.